The van der Waals surface area contributed by atoms with Gasteiger partial charge in [-0.05, 0) is 37.1 Å². The van der Waals surface area contributed by atoms with Crippen LogP contribution in [0.5, 0.6) is 5.75 Å². The van der Waals surface area contributed by atoms with Crippen molar-refractivity contribution in [3.05, 3.63) is 28.8 Å². The highest BCUT2D eigenvalue weighted by molar-refractivity contribution is 6.31. The Morgan fingerprint density at radius 2 is 2.24 bits per heavy atom. The molecule has 0 aromatic heterocycles. The summed E-state index contributed by atoms with van der Waals surface area (Å²) in [5.74, 6) is 0.171. The molecule has 1 amide bonds. The maximum atomic E-state index is 11.6. The number of hydrogen-bond acceptors (Lipinski definition) is 4. The second-order valence-electron chi connectivity index (χ2n) is 6.00. The number of likely N-dealkylation sites (N-methyl/N-ethyl adjacent to an activating group) is 1. The predicted octanol–water partition coefficient (Wildman–Crippen LogP) is 2.46. The van der Waals surface area contributed by atoms with Crippen LogP contribution in [-0.2, 0) is 11.3 Å². The number of phenols is 1. The van der Waals surface area contributed by atoms with Crippen LogP contribution in [0.4, 0.5) is 4.79 Å². The van der Waals surface area contributed by atoms with E-state index in [1.54, 1.807) is 24.1 Å². The first-order valence-corrected chi connectivity index (χ1v) is 7.49. The third kappa shape index (κ3) is 2.94. The molecule has 1 unspecified atom stereocenters. The zero-order chi connectivity index (χ0) is 15.0. The summed E-state index contributed by atoms with van der Waals surface area (Å²) in [5.41, 5.74) is 0.595. The van der Waals surface area contributed by atoms with Gasteiger partial charge >= 0.3 is 6.09 Å². The van der Waals surface area contributed by atoms with Gasteiger partial charge in [-0.15, -0.1) is 0 Å². The Morgan fingerprint density at radius 1 is 1.43 bits per heavy atom. The zero-order valence-corrected chi connectivity index (χ0v) is 12.8. The van der Waals surface area contributed by atoms with Crippen LogP contribution in [0.15, 0.2) is 18.2 Å². The van der Waals surface area contributed by atoms with Crippen LogP contribution in [0.2, 0.25) is 5.02 Å². The van der Waals surface area contributed by atoms with Crippen molar-refractivity contribution in [2.75, 3.05) is 26.7 Å². The van der Waals surface area contributed by atoms with Gasteiger partial charge in [-0.25, -0.2) is 4.79 Å². The Morgan fingerprint density at radius 3 is 2.90 bits per heavy atom. The van der Waals surface area contributed by atoms with Crippen LogP contribution in [0.3, 0.4) is 0 Å². The van der Waals surface area contributed by atoms with Gasteiger partial charge in [0.25, 0.3) is 0 Å². The van der Waals surface area contributed by atoms with Crippen LogP contribution < -0.4 is 0 Å². The Labute approximate surface area is 129 Å². The lowest BCUT2D eigenvalue weighted by atomic mass is 9.92. The quantitative estimate of drug-likeness (QED) is 0.911. The molecule has 1 spiro atoms. The summed E-state index contributed by atoms with van der Waals surface area (Å²) in [7, 11) is 1.77. The largest absolute Gasteiger partial charge is 0.508 e. The number of likely N-dealkylation sites (tertiary alicyclic amines) is 1. The molecular formula is C15H19ClN2O3. The van der Waals surface area contributed by atoms with Gasteiger partial charge in [0, 0.05) is 25.2 Å². The summed E-state index contributed by atoms with van der Waals surface area (Å²) >= 11 is 6.17. The summed E-state index contributed by atoms with van der Waals surface area (Å²) in [6.45, 7) is 3.02. The predicted molar refractivity (Wildman–Crippen MR) is 79.5 cm³/mol. The molecule has 0 saturated carbocycles. The summed E-state index contributed by atoms with van der Waals surface area (Å²) in [6, 6.07) is 5.04. The van der Waals surface area contributed by atoms with E-state index in [2.05, 4.69) is 4.90 Å². The first-order valence-electron chi connectivity index (χ1n) is 7.11. The number of nitrogens with zero attached hydrogens (tertiary/aromatic N) is 2. The number of benzene rings is 1. The highest BCUT2D eigenvalue weighted by atomic mass is 35.5. The van der Waals surface area contributed by atoms with Crippen molar-refractivity contribution < 1.29 is 14.6 Å². The average molecular weight is 311 g/mol. The number of amides is 1. The van der Waals surface area contributed by atoms with E-state index in [0.717, 1.165) is 31.5 Å². The minimum absolute atomic E-state index is 0.171. The van der Waals surface area contributed by atoms with E-state index in [0.29, 0.717) is 18.1 Å². The maximum Gasteiger partial charge on any atom is 0.410 e. The normalized spacial score (nSPS) is 26.4. The number of hydrogen-bond donors (Lipinski definition) is 1. The Kier molecular flexibility index (Phi) is 3.71. The molecule has 0 aliphatic carbocycles. The highest BCUT2D eigenvalue weighted by Crippen LogP contribution is 2.32. The fourth-order valence-electron chi connectivity index (χ4n) is 3.24. The van der Waals surface area contributed by atoms with E-state index in [1.165, 1.54) is 0 Å². The maximum absolute atomic E-state index is 11.6. The molecule has 2 heterocycles. The number of aromatic hydroxyl groups is 1. The van der Waals surface area contributed by atoms with E-state index in [-0.39, 0.29) is 17.4 Å². The lowest BCUT2D eigenvalue weighted by Crippen LogP contribution is -2.50. The monoisotopic (exact) mass is 310 g/mol. The van der Waals surface area contributed by atoms with Gasteiger partial charge in [-0.3, -0.25) is 4.90 Å². The van der Waals surface area contributed by atoms with Gasteiger partial charge in [0.15, 0.2) is 0 Å². The fourth-order valence-corrected chi connectivity index (χ4v) is 3.47. The molecule has 1 N–H and O–H groups in total. The van der Waals surface area contributed by atoms with Gasteiger partial charge in [-0.1, -0.05) is 17.7 Å². The number of carbonyl (C=O) groups is 1. The highest BCUT2D eigenvalue weighted by Gasteiger charge is 2.46. The molecule has 2 saturated heterocycles. The molecule has 1 aromatic carbocycles. The van der Waals surface area contributed by atoms with E-state index in [9.17, 15) is 9.90 Å². The van der Waals surface area contributed by atoms with Crippen molar-refractivity contribution in [3.8, 4) is 5.75 Å². The molecule has 6 heteroatoms. The fraction of sp³-hybridized carbons (Fsp3) is 0.533. The topological polar surface area (TPSA) is 53.0 Å². The molecule has 5 nitrogen and oxygen atoms in total. The SMILES string of the molecule is CN1CC2(CCCN(Cc3ccc(O)cc3Cl)C2)OC1=O. The second kappa shape index (κ2) is 5.39. The molecule has 114 valence electrons. The van der Waals surface area contributed by atoms with Crippen molar-refractivity contribution in [1.29, 1.82) is 0 Å². The van der Waals surface area contributed by atoms with E-state index < -0.39 is 0 Å². The van der Waals surface area contributed by atoms with Crippen molar-refractivity contribution in [3.63, 3.8) is 0 Å². The van der Waals surface area contributed by atoms with Gasteiger partial charge in [0.1, 0.15) is 11.4 Å². The Balaban J connectivity index is 1.71. The van der Waals surface area contributed by atoms with Gasteiger partial charge in [-0.2, -0.15) is 0 Å². The Hall–Kier alpha value is -1.46. The smallest absolute Gasteiger partial charge is 0.410 e. The van der Waals surface area contributed by atoms with Gasteiger partial charge < -0.3 is 14.7 Å². The molecular weight excluding hydrogens is 292 g/mol. The summed E-state index contributed by atoms with van der Waals surface area (Å²) in [6.07, 6.45) is 1.67. The molecule has 0 bridgehead atoms. The second-order valence-corrected chi connectivity index (χ2v) is 6.40. The molecule has 3 rings (SSSR count). The molecule has 21 heavy (non-hydrogen) atoms. The van der Waals surface area contributed by atoms with Gasteiger partial charge in [0.2, 0.25) is 0 Å². The number of halogens is 1. The molecule has 2 fully saturated rings. The number of rotatable bonds is 2. The number of phenolic OH excluding ortho intramolecular Hbond substituents is 1. The third-order valence-electron chi connectivity index (χ3n) is 4.19. The lowest BCUT2D eigenvalue weighted by molar-refractivity contribution is -0.0113. The first kappa shape index (κ1) is 14.5. The molecule has 1 atom stereocenters. The van der Waals surface area contributed by atoms with Crippen molar-refractivity contribution in [2.24, 2.45) is 0 Å². The van der Waals surface area contributed by atoms with Crippen LogP contribution in [0.25, 0.3) is 0 Å². The molecule has 2 aliphatic rings. The Bertz CT molecular complexity index is 566. The summed E-state index contributed by atoms with van der Waals surface area (Å²) < 4.78 is 5.59. The average Bonchev–Trinajstić information content (AvgIpc) is 2.67. The third-order valence-corrected chi connectivity index (χ3v) is 4.54. The standard InChI is InChI=1S/C15H19ClN2O3/c1-17-9-15(21-14(17)20)5-2-6-18(10-15)8-11-3-4-12(19)7-13(11)16/h3-4,7,19H,2,5-6,8-10H2,1H3. The van der Waals surface area contributed by atoms with E-state index in [4.69, 9.17) is 16.3 Å². The number of carbonyl (C=O) groups excluding carboxylic acids is 1. The van der Waals surface area contributed by atoms with Crippen LogP contribution in [0, 0.1) is 0 Å². The minimum atomic E-state index is -0.381. The lowest BCUT2D eigenvalue weighted by Gasteiger charge is -2.38. The van der Waals surface area contributed by atoms with E-state index in [1.807, 2.05) is 6.07 Å². The van der Waals surface area contributed by atoms with Crippen LogP contribution >= 0.6 is 11.6 Å². The van der Waals surface area contributed by atoms with Crippen molar-refractivity contribution in [2.45, 2.75) is 25.0 Å². The summed E-state index contributed by atoms with van der Waals surface area (Å²) in [5, 5.41) is 9.97. The van der Waals surface area contributed by atoms with E-state index >= 15 is 0 Å². The minimum Gasteiger partial charge on any atom is -0.508 e. The number of ether oxygens (including phenoxy) is 1. The first-order chi connectivity index (χ1) is 9.97. The van der Waals surface area contributed by atoms with Crippen LogP contribution in [0.1, 0.15) is 18.4 Å². The molecule has 2 aliphatic heterocycles. The molecule has 1 aromatic rings. The van der Waals surface area contributed by atoms with Crippen molar-refractivity contribution >= 4 is 17.7 Å². The summed E-state index contributed by atoms with van der Waals surface area (Å²) in [4.78, 5) is 15.5. The van der Waals surface area contributed by atoms with Crippen molar-refractivity contribution in [1.82, 2.24) is 9.80 Å². The zero-order valence-electron chi connectivity index (χ0n) is 12.0. The molecule has 0 radical (unpaired) electrons. The number of piperidine rings is 1. The van der Waals surface area contributed by atoms with Gasteiger partial charge in [0.05, 0.1) is 6.54 Å². The van der Waals surface area contributed by atoms with Crippen LogP contribution in [-0.4, -0.2) is 53.3 Å².